The molecule has 1 unspecified atom stereocenters. The number of nitrogen functional groups attached to an aromatic ring is 1. The van der Waals surface area contributed by atoms with E-state index in [9.17, 15) is 12.8 Å². The van der Waals surface area contributed by atoms with E-state index in [0.29, 0.717) is 12.8 Å². The topological polar surface area (TPSA) is 92.4 Å². The highest BCUT2D eigenvalue weighted by Crippen LogP contribution is 2.16. The lowest BCUT2D eigenvalue weighted by atomic mass is 10.2. The number of hydrogen-bond donors (Lipinski definition) is 3. The lowest BCUT2D eigenvalue weighted by Crippen LogP contribution is -2.26. The van der Waals surface area contributed by atoms with Crippen LogP contribution in [-0.4, -0.2) is 26.2 Å². The first-order valence-corrected chi connectivity index (χ1v) is 7.04. The number of halogens is 1. The van der Waals surface area contributed by atoms with E-state index < -0.39 is 26.8 Å². The first kappa shape index (κ1) is 14.9. The molecule has 0 saturated carbocycles. The van der Waals surface area contributed by atoms with Crippen LogP contribution < -0.4 is 10.5 Å². The summed E-state index contributed by atoms with van der Waals surface area (Å²) in [6.45, 7) is 1.77. The monoisotopic (exact) mass is 276 g/mol. The fraction of sp³-hybridized carbons (Fsp3) is 0.455. The number of aliphatic hydroxyl groups excluding tert-OH is 1. The molecule has 1 rings (SSSR count). The van der Waals surface area contributed by atoms with E-state index in [2.05, 4.69) is 4.72 Å². The van der Waals surface area contributed by atoms with Crippen molar-refractivity contribution in [2.75, 3.05) is 12.3 Å². The van der Waals surface area contributed by atoms with Gasteiger partial charge in [0.25, 0.3) is 0 Å². The van der Waals surface area contributed by atoms with Gasteiger partial charge >= 0.3 is 0 Å². The van der Waals surface area contributed by atoms with Gasteiger partial charge in [0.05, 0.1) is 6.10 Å². The van der Waals surface area contributed by atoms with Crippen LogP contribution in [0.25, 0.3) is 0 Å². The number of benzene rings is 1. The lowest BCUT2D eigenvalue weighted by Gasteiger charge is -2.08. The minimum absolute atomic E-state index is 0.150. The smallest absolute Gasteiger partial charge is 0.243 e. The summed E-state index contributed by atoms with van der Waals surface area (Å²) in [4.78, 5) is -0.422. The molecule has 0 aromatic heterocycles. The molecule has 0 aliphatic carbocycles. The Kier molecular flexibility index (Phi) is 5.06. The van der Waals surface area contributed by atoms with E-state index in [1.54, 1.807) is 6.92 Å². The quantitative estimate of drug-likeness (QED) is 0.530. The summed E-state index contributed by atoms with van der Waals surface area (Å²) in [5.74, 6) is -0.877. The van der Waals surface area contributed by atoms with Crippen molar-refractivity contribution >= 4 is 15.7 Å². The summed E-state index contributed by atoms with van der Waals surface area (Å²) < 4.78 is 39.2. The minimum atomic E-state index is -3.87. The highest BCUT2D eigenvalue weighted by Gasteiger charge is 2.18. The Balaban J connectivity index is 2.69. The fourth-order valence-corrected chi connectivity index (χ4v) is 2.55. The summed E-state index contributed by atoms with van der Waals surface area (Å²) in [6.07, 6.45) is 0.475. The van der Waals surface area contributed by atoms with E-state index in [0.717, 1.165) is 12.1 Å². The summed E-state index contributed by atoms with van der Waals surface area (Å²) in [5, 5.41) is 9.02. The largest absolute Gasteiger partial charge is 0.399 e. The lowest BCUT2D eigenvalue weighted by molar-refractivity contribution is 0.182. The minimum Gasteiger partial charge on any atom is -0.399 e. The Hall–Kier alpha value is -1.18. The fourth-order valence-electron chi connectivity index (χ4n) is 1.42. The van der Waals surface area contributed by atoms with Crippen molar-refractivity contribution in [1.29, 1.82) is 0 Å². The molecular formula is C11H17FN2O3S. The number of nitrogens with two attached hydrogens (primary N) is 1. The third kappa shape index (κ3) is 4.25. The molecule has 0 fully saturated rings. The molecule has 0 heterocycles. The van der Waals surface area contributed by atoms with E-state index in [-0.39, 0.29) is 12.2 Å². The van der Waals surface area contributed by atoms with Crippen molar-refractivity contribution in [1.82, 2.24) is 4.72 Å². The van der Waals surface area contributed by atoms with Gasteiger partial charge in [-0.25, -0.2) is 17.5 Å². The molecule has 7 heteroatoms. The number of nitrogens with one attached hydrogen (secondary N) is 1. The van der Waals surface area contributed by atoms with Gasteiger partial charge < -0.3 is 10.8 Å². The third-order valence-electron chi connectivity index (χ3n) is 2.34. The van der Waals surface area contributed by atoms with Crippen LogP contribution in [0.2, 0.25) is 0 Å². The van der Waals surface area contributed by atoms with Crippen LogP contribution in [0.15, 0.2) is 23.1 Å². The van der Waals surface area contributed by atoms with E-state index in [1.807, 2.05) is 0 Å². The average molecular weight is 276 g/mol. The maximum Gasteiger partial charge on any atom is 0.243 e. The summed E-state index contributed by atoms with van der Waals surface area (Å²) in [5.41, 5.74) is 5.51. The highest BCUT2D eigenvalue weighted by molar-refractivity contribution is 7.89. The summed E-state index contributed by atoms with van der Waals surface area (Å²) >= 11 is 0. The zero-order chi connectivity index (χ0) is 13.8. The van der Waals surface area contributed by atoms with Crippen molar-refractivity contribution in [3.8, 4) is 0 Å². The molecule has 0 aliphatic heterocycles. The van der Waals surface area contributed by atoms with E-state index in [4.69, 9.17) is 10.8 Å². The Morgan fingerprint density at radius 3 is 2.72 bits per heavy atom. The maximum absolute atomic E-state index is 13.4. The molecule has 0 amide bonds. The molecule has 0 spiro atoms. The van der Waals surface area contributed by atoms with Gasteiger partial charge in [0.15, 0.2) is 0 Å². The van der Waals surface area contributed by atoms with E-state index >= 15 is 0 Å². The van der Waals surface area contributed by atoms with Crippen LogP contribution in [-0.2, 0) is 10.0 Å². The number of rotatable bonds is 6. The van der Waals surface area contributed by atoms with Crippen LogP contribution in [0.1, 0.15) is 19.8 Å². The first-order chi connectivity index (χ1) is 8.33. The predicted molar refractivity (Wildman–Crippen MR) is 66.9 cm³/mol. The van der Waals surface area contributed by atoms with Crippen LogP contribution in [0.5, 0.6) is 0 Å². The average Bonchev–Trinajstić information content (AvgIpc) is 2.23. The molecule has 4 N–H and O–H groups in total. The van der Waals surface area contributed by atoms with Crippen LogP contribution in [0.4, 0.5) is 10.1 Å². The molecule has 0 radical (unpaired) electrons. The zero-order valence-corrected chi connectivity index (χ0v) is 10.9. The van der Waals surface area contributed by atoms with Crippen molar-refractivity contribution in [3.63, 3.8) is 0 Å². The second-order valence-electron chi connectivity index (χ2n) is 4.08. The van der Waals surface area contributed by atoms with Crippen LogP contribution in [0, 0.1) is 5.82 Å². The summed E-state index contributed by atoms with van der Waals surface area (Å²) in [7, 11) is -3.87. The van der Waals surface area contributed by atoms with Crippen molar-refractivity contribution in [2.45, 2.75) is 30.8 Å². The normalized spacial score (nSPS) is 13.5. The molecular weight excluding hydrogens is 259 g/mol. The van der Waals surface area contributed by atoms with Gasteiger partial charge in [-0.2, -0.15) is 0 Å². The maximum atomic E-state index is 13.4. The van der Waals surface area contributed by atoms with Crippen LogP contribution >= 0.6 is 0 Å². The molecule has 1 aromatic carbocycles. The van der Waals surface area contributed by atoms with Gasteiger partial charge in [-0.15, -0.1) is 0 Å². The molecule has 0 saturated heterocycles. The Morgan fingerprint density at radius 1 is 1.50 bits per heavy atom. The SMILES string of the molecule is CC(O)CCCNS(=O)(=O)c1ccc(N)cc1F. The van der Waals surface area contributed by atoms with Gasteiger partial charge in [-0.05, 0) is 38.0 Å². The third-order valence-corrected chi connectivity index (χ3v) is 3.83. The van der Waals surface area contributed by atoms with E-state index in [1.165, 1.54) is 6.07 Å². The zero-order valence-electron chi connectivity index (χ0n) is 10.1. The number of anilines is 1. The molecule has 5 nitrogen and oxygen atoms in total. The Bertz CT molecular complexity index is 503. The first-order valence-electron chi connectivity index (χ1n) is 5.55. The molecule has 0 aliphatic rings. The van der Waals surface area contributed by atoms with Gasteiger partial charge in [0, 0.05) is 12.2 Å². The standard InChI is InChI=1S/C11H17FN2O3S/c1-8(15)3-2-6-14-18(16,17)11-5-4-9(13)7-10(11)12/h4-5,7-8,14-15H,2-3,6,13H2,1H3. The highest BCUT2D eigenvalue weighted by atomic mass is 32.2. The second kappa shape index (κ2) is 6.12. The van der Waals surface area contributed by atoms with Crippen molar-refractivity contribution < 1.29 is 17.9 Å². The number of sulfonamides is 1. The molecule has 1 atom stereocenters. The van der Waals surface area contributed by atoms with Gasteiger partial charge in [0.2, 0.25) is 10.0 Å². The number of hydrogen-bond acceptors (Lipinski definition) is 4. The van der Waals surface area contributed by atoms with Gasteiger partial charge in [-0.3, -0.25) is 0 Å². The Morgan fingerprint density at radius 2 is 2.17 bits per heavy atom. The molecule has 1 aromatic rings. The van der Waals surface area contributed by atoms with Gasteiger partial charge in [0.1, 0.15) is 10.7 Å². The summed E-state index contributed by atoms with van der Waals surface area (Å²) in [6, 6.07) is 3.42. The molecule has 18 heavy (non-hydrogen) atoms. The molecule has 0 bridgehead atoms. The Labute approximate surface area is 106 Å². The van der Waals surface area contributed by atoms with Crippen LogP contribution in [0.3, 0.4) is 0 Å². The van der Waals surface area contributed by atoms with Crippen molar-refractivity contribution in [2.24, 2.45) is 0 Å². The second-order valence-corrected chi connectivity index (χ2v) is 5.81. The predicted octanol–water partition coefficient (Wildman–Crippen LogP) is 0.847. The van der Waals surface area contributed by atoms with Crippen molar-refractivity contribution in [3.05, 3.63) is 24.0 Å². The molecule has 102 valence electrons. The number of aliphatic hydroxyl groups is 1. The van der Waals surface area contributed by atoms with Gasteiger partial charge in [-0.1, -0.05) is 0 Å².